The molecule has 0 bridgehead atoms. The number of hydrogen-bond acceptors (Lipinski definition) is 18. The molecule has 12 N–H and O–H groups in total. The maximum absolute atomic E-state index is 13.5. The van der Waals surface area contributed by atoms with Gasteiger partial charge < -0.3 is 89.9 Å². The molecule has 99 heavy (non-hydrogen) atoms. The summed E-state index contributed by atoms with van der Waals surface area (Å²) in [7, 11) is 0. The molecule has 19 heteroatoms. The van der Waals surface area contributed by atoms with Crippen LogP contribution in [0.1, 0.15) is 322 Å². The number of amides is 1. The molecule has 580 valence electrons. The number of aliphatic hydroxyl groups is 11. The number of aliphatic hydroxyl groups excluding tert-OH is 11. The van der Waals surface area contributed by atoms with Crippen LogP contribution in [0.3, 0.4) is 0 Å². The third-order valence-electron chi connectivity index (χ3n) is 20.1. The van der Waals surface area contributed by atoms with Gasteiger partial charge in [-0.25, -0.2) is 0 Å². The van der Waals surface area contributed by atoms with E-state index in [1.165, 1.54) is 238 Å². The first-order valence-electron chi connectivity index (χ1n) is 40.4. The van der Waals surface area contributed by atoms with Gasteiger partial charge in [0.05, 0.1) is 38.6 Å². The monoisotopic (exact) mass is 1410 g/mol. The maximum Gasteiger partial charge on any atom is 0.220 e. The van der Waals surface area contributed by atoms with Gasteiger partial charge in [-0.15, -0.1) is 0 Å². The van der Waals surface area contributed by atoms with Crippen molar-refractivity contribution in [2.75, 3.05) is 26.4 Å². The molecule has 3 heterocycles. The molecule has 0 radical (unpaired) electrons. The number of ether oxygens (including phenoxy) is 6. The second kappa shape index (κ2) is 61.0. The van der Waals surface area contributed by atoms with Gasteiger partial charge in [-0.1, -0.05) is 300 Å². The number of nitrogens with one attached hydrogen (secondary N) is 1. The van der Waals surface area contributed by atoms with Gasteiger partial charge >= 0.3 is 0 Å². The van der Waals surface area contributed by atoms with Crippen molar-refractivity contribution in [1.29, 1.82) is 0 Å². The fourth-order valence-electron chi connectivity index (χ4n) is 13.6. The van der Waals surface area contributed by atoms with E-state index in [0.717, 1.165) is 51.4 Å². The molecule has 3 rings (SSSR count). The maximum atomic E-state index is 13.5. The summed E-state index contributed by atoms with van der Waals surface area (Å²) < 4.78 is 34.4. The minimum Gasteiger partial charge on any atom is -0.394 e. The highest BCUT2D eigenvalue weighted by atomic mass is 16.8. The van der Waals surface area contributed by atoms with E-state index in [9.17, 15) is 61.0 Å². The molecule has 3 fully saturated rings. The van der Waals surface area contributed by atoms with Gasteiger partial charge in [-0.05, 0) is 64.2 Å². The van der Waals surface area contributed by atoms with E-state index < -0.39 is 124 Å². The number of unbranched alkanes of at least 4 members (excludes halogenated alkanes) is 42. The SMILES string of the molecule is CCCCCCC/C=C\C/C=C\CCCCCCCCCCCCCC(=O)NC(COC1OC(CO)C(OC2OC(CO)C(OC3OC(CO)C(O)C(O)C3O)C(O)C2O)C(O)C1O)C(O)/C=C/CC/C=C/CCCCCCCCCCCCCCCCCCCCCCCCCCC. The lowest BCUT2D eigenvalue weighted by molar-refractivity contribution is -0.379. The number of carbonyl (C=O) groups is 1. The van der Waals surface area contributed by atoms with Gasteiger partial charge in [0.2, 0.25) is 5.91 Å². The van der Waals surface area contributed by atoms with Crippen LogP contribution in [0.15, 0.2) is 48.6 Å². The fraction of sp³-hybridized carbons (Fsp3) is 0.887. The molecule has 17 unspecified atom stereocenters. The summed E-state index contributed by atoms with van der Waals surface area (Å²) >= 11 is 0. The zero-order valence-electron chi connectivity index (χ0n) is 62.0. The van der Waals surface area contributed by atoms with Crippen molar-refractivity contribution in [2.24, 2.45) is 0 Å². The van der Waals surface area contributed by atoms with Crippen LogP contribution in [0.2, 0.25) is 0 Å². The number of carbonyl (C=O) groups excluding carboxylic acids is 1. The van der Waals surface area contributed by atoms with Crippen LogP contribution >= 0.6 is 0 Å². The summed E-state index contributed by atoms with van der Waals surface area (Å²) in [5, 5.41) is 121. The van der Waals surface area contributed by atoms with Gasteiger partial charge in [0.1, 0.15) is 73.2 Å². The Morgan fingerprint density at radius 2 is 0.677 bits per heavy atom. The summed E-state index contributed by atoms with van der Waals surface area (Å²) in [4.78, 5) is 13.5. The first-order valence-corrected chi connectivity index (χ1v) is 40.4. The van der Waals surface area contributed by atoms with Crippen molar-refractivity contribution >= 4 is 5.91 Å². The molecule has 3 saturated heterocycles. The molecule has 0 saturated carbocycles. The molecule has 3 aliphatic heterocycles. The molecule has 3 aliphatic rings. The van der Waals surface area contributed by atoms with E-state index in [1.807, 2.05) is 6.08 Å². The lowest BCUT2D eigenvalue weighted by Crippen LogP contribution is -2.66. The van der Waals surface area contributed by atoms with Crippen LogP contribution in [-0.2, 0) is 33.2 Å². The Hall–Kier alpha value is -2.25. The van der Waals surface area contributed by atoms with Crippen molar-refractivity contribution in [2.45, 2.75) is 426 Å². The first-order chi connectivity index (χ1) is 48.3. The lowest BCUT2D eigenvalue weighted by Gasteiger charge is -2.48. The van der Waals surface area contributed by atoms with Crippen molar-refractivity contribution in [3.8, 4) is 0 Å². The Morgan fingerprint density at radius 1 is 0.364 bits per heavy atom. The average Bonchev–Trinajstić information content (AvgIpc) is 0.782. The zero-order valence-corrected chi connectivity index (χ0v) is 62.0. The van der Waals surface area contributed by atoms with Crippen LogP contribution in [0.25, 0.3) is 0 Å². The topological polar surface area (TPSA) is 307 Å². The molecule has 0 spiro atoms. The van der Waals surface area contributed by atoms with Gasteiger partial charge in [-0.3, -0.25) is 4.79 Å². The van der Waals surface area contributed by atoms with E-state index in [2.05, 4.69) is 55.6 Å². The standard InChI is InChI=1S/C80H147NO18/c1-3-5-7-9-11-13-15-17-19-21-23-25-27-28-29-30-31-32-33-34-36-37-39-41-43-45-47-49-51-53-55-57-64(85)63(81-68(86)58-56-54-52-50-48-46-44-42-40-38-35-26-24-22-20-18-16-14-12-10-8-6-4-2)62-94-78-74(92)71(89)76(66(60-83)96-78)99-80-75(93)72(90)77(67(61-84)97-80)98-79-73(91)70(88)69(87)65(59-82)95-79/h16,18,22,24,47,49,55,57,63-67,69-80,82-85,87-93H,3-15,17,19-21,23,25-46,48,50-54,56,58-62H2,1-2H3,(H,81,86)/b18-16-,24-22-,49-47+,57-55+. The zero-order chi connectivity index (χ0) is 71.8. The highest BCUT2D eigenvalue weighted by Crippen LogP contribution is 2.33. The molecular weight excluding hydrogens is 1260 g/mol. The highest BCUT2D eigenvalue weighted by Gasteiger charge is 2.54. The minimum atomic E-state index is -1.98. The van der Waals surface area contributed by atoms with Crippen LogP contribution < -0.4 is 5.32 Å². The predicted molar refractivity (Wildman–Crippen MR) is 392 cm³/mol. The summed E-state index contributed by atoms with van der Waals surface area (Å²) in [5.41, 5.74) is 0. The molecule has 1 amide bonds. The Labute approximate surface area is 599 Å². The number of rotatable bonds is 64. The number of hydrogen-bond donors (Lipinski definition) is 12. The van der Waals surface area contributed by atoms with Crippen molar-refractivity contribution < 1.29 is 89.4 Å². The third-order valence-corrected chi connectivity index (χ3v) is 20.1. The van der Waals surface area contributed by atoms with E-state index in [1.54, 1.807) is 6.08 Å². The molecule has 19 nitrogen and oxygen atoms in total. The molecule has 0 aromatic carbocycles. The second-order valence-electron chi connectivity index (χ2n) is 28.9. The minimum absolute atomic E-state index is 0.233. The summed E-state index contributed by atoms with van der Waals surface area (Å²) in [6.07, 6.45) is 49.6. The van der Waals surface area contributed by atoms with Crippen LogP contribution in [0, 0.1) is 0 Å². The average molecular weight is 1410 g/mol. The van der Waals surface area contributed by atoms with E-state index in [-0.39, 0.29) is 18.9 Å². The normalized spacial score (nSPS) is 26.8. The summed E-state index contributed by atoms with van der Waals surface area (Å²) in [6, 6.07) is -0.994. The highest BCUT2D eigenvalue weighted by molar-refractivity contribution is 5.76. The molecule has 0 aromatic heterocycles. The summed E-state index contributed by atoms with van der Waals surface area (Å²) in [5.74, 6) is -0.284. The Morgan fingerprint density at radius 3 is 1.07 bits per heavy atom. The molecule has 17 atom stereocenters. The van der Waals surface area contributed by atoms with Gasteiger partial charge in [0.25, 0.3) is 0 Å². The fourth-order valence-corrected chi connectivity index (χ4v) is 13.6. The Kier molecular flexibility index (Phi) is 56.0. The van der Waals surface area contributed by atoms with Crippen molar-refractivity contribution in [3.63, 3.8) is 0 Å². The van der Waals surface area contributed by atoms with Crippen LogP contribution in [0.5, 0.6) is 0 Å². The number of allylic oxidation sites excluding steroid dienone is 7. The Bertz CT molecular complexity index is 1980. The van der Waals surface area contributed by atoms with E-state index in [4.69, 9.17) is 28.4 Å². The van der Waals surface area contributed by atoms with Gasteiger partial charge in [0.15, 0.2) is 18.9 Å². The predicted octanol–water partition coefficient (Wildman–Crippen LogP) is 13.3. The second-order valence-corrected chi connectivity index (χ2v) is 28.9. The smallest absolute Gasteiger partial charge is 0.220 e. The van der Waals surface area contributed by atoms with E-state index in [0.29, 0.717) is 12.8 Å². The first kappa shape index (κ1) is 91.0. The molecule has 0 aromatic rings. The lowest BCUT2D eigenvalue weighted by atomic mass is 9.96. The molecule has 0 aliphatic carbocycles. The Balaban J connectivity index is 1.39. The summed E-state index contributed by atoms with van der Waals surface area (Å²) in [6.45, 7) is 1.75. The van der Waals surface area contributed by atoms with Crippen LogP contribution in [0.4, 0.5) is 0 Å². The van der Waals surface area contributed by atoms with Gasteiger partial charge in [-0.2, -0.15) is 0 Å². The van der Waals surface area contributed by atoms with Crippen molar-refractivity contribution in [1.82, 2.24) is 5.32 Å². The van der Waals surface area contributed by atoms with Gasteiger partial charge in [0, 0.05) is 6.42 Å². The van der Waals surface area contributed by atoms with Crippen molar-refractivity contribution in [3.05, 3.63) is 48.6 Å². The largest absolute Gasteiger partial charge is 0.394 e. The molecular formula is C80H147NO18. The van der Waals surface area contributed by atoms with Crippen LogP contribution in [-0.4, -0.2) is 193 Å². The third kappa shape index (κ3) is 41.3. The quantitative estimate of drug-likeness (QED) is 0.0199. The van der Waals surface area contributed by atoms with E-state index >= 15 is 0 Å².